The van der Waals surface area contributed by atoms with Crippen molar-refractivity contribution in [2.45, 2.75) is 33.2 Å². The molecule has 1 rings (SSSR count). The summed E-state index contributed by atoms with van der Waals surface area (Å²) in [6.07, 6.45) is 0.888. The van der Waals surface area contributed by atoms with Gasteiger partial charge in [0, 0.05) is 23.7 Å². The highest BCUT2D eigenvalue weighted by molar-refractivity contribution is 6.17. The van der Waals surface area contributed by atoms with Crippen molar-refractivity contribution in [3.8, 4) is 5.88 Å². The highest BCUT2D eigenvalue weighted by atomic mass is 35.5. The van der Waals surface area contributed by atoms with Crippen molar-refractivity contribution in [3.05, 3.63) is 11.8 Å². The van der Waals surface area contributed by atoms with Crippen molar-refractivity contribution < 1.29 is 4.74 Å². The standard InChI is InChI=1S/C12H20ClN3O/c1-8(2)10(5-6-13)15-12-14-9(3)7-11(16-12)17-4/h7-8,10H,5-6H2,1-4H3,(H,14,15,16). The first-order valence-corrected chi connectivity index (χ1v) is 6.32. The third-order valence-electron chi connectivity index (χ3n) is 2.58. The number of halogens is 1. The van der Waals surface area contributed by atoms with Crippen LogP contribution in [0.25, 0.3) is 0 Å². The number of nitrogens with zero attached hydrogens (tertiary/aromatic N) is 2. The maximum absolute atomic E-state index is 5.79. The van der Waals surface area contributed by atoms with Gasteiger partial charge in [-0.1, -0.05) is 13.8 Å². The van der Waals surface area contributed by atoms with Gasteiger partial charge in [-0.2, -0.15) is 4.98 Å². The number of alkyl halides is 1. The fraction of sp³-hybridized carbons (Fsp3) is 0.667. The zero-order valence-electron chi connectivity index (χ0n) is 10.8. The zero-order valence-corrected chi connectivity index (χ0v) is 11.6. The molecule has 0 radical (unpaired) electrons. The molecule has 1 N–H and O–H groups in total. The Labute approximate surface area is 108 Å². The Bertz CT molecular complexity index is 358. The van der Waals surface area contributed by atoms with Crippen molar-refractivity contribution >= 4 is 17.5 Å². The summed E-state index contributed by atoms with van der Waals surface area (Å²) in [5, 5.41) is 3.31. The van der Waals surface area contributed by atoms with Crippen molar-refractivity contribution in [1.29, 1.82) is 0 Å². The van der Waals surface area contributed by atoms with Gasteiger partial charge in [0.05, 0.1) is 7.11 Å². The predicted octanol–water partition coefficient (Wildman–Crippen LogP) is 2.86. The third kappa shape index (κ3) is 4.38. The molecular weight excluding hydrogens is 238 g/mol. The van der Waals surface area contributed by atoms with E-state index in [0.717, 1.165) is 12.1 Å². The van der Waals surface area contributed by atoms with Gasteiger partial charge in [0.2, 0.25) is 11.8 Å². The van der Waals surface area contributed by atoms with Crippen LogP contribution >= 0.6 is 11.6 Å². The molecule has 0 fully saturated rings. The number of hydrogen-bond acceptors (Lipinski definition) is 4. The van der Waals surface area contributed by atoms with E-state index in [2.05, 4.69) is 29.1 Å². The van der Waals surface area contributed by atoms with Crippen molar-refractivity contribution in [2.75, 3.05) is 18.3 Å². The van der Waals surface area contributed by atoms with Crippen LogP contribution < -0.4 is 10.1 Å². The second-order valence-corrected chi connectivity index (χ2v) is 4.73. The molecule has 1 aromatic rings. The molecule has 0 saturated heterocycles. The molecule has 17 heavy (non-hydrogen) atoms. The van der Waals surface area contributed by atoms with Gasteiger partial charge in [-0.25, -0.2) is 4.98 Å². The van der Waals surface area contributed by atoms with Crippen LogP contribution in [0.1, 0.15) is 26.0 Å². The Hall–Kier alpha value is -1.03. The summed E-state index contributed by atoms with van der Waals surface area (Å²) in [5.41, 5.74) is 0.882. The number of aromatic nitrogens is 2. The van der Waals surface area contributed by atoms with Crippen LogP contribution in [0, 0.1) is 12.8 Å². The summed E-state index contributed by atoms with van der Waals surface area (Å²) in [7, 11) is 1.60. The van der Waals surface area contributed by atoms with E-state index in [9.17, 15) is 0 Å². The van der Waals surface area contributed by atoms with Gasteiger partial charge in [0.1, 0.15) is 0 Å². The molecule has 5 heteroatoms. The Morgan fingerprint density at radius 2 is 2.12 bits per heavy atom. The number of nitrogens with one attached hydrogen (secondary N) is 1. The predicted molar refractivity (Wildman–Crippen MR) is 70.9 cm³/mol. The molecule has 4 nitrogen and oxygen atoms in total. The molecular formula is C12H20ClN3O. The van der Waals surface area contributed by atoms with Gasteiger partial charge in [-0.05, 0) is 19.3 Å². The van der Waals surface area contributed by atoms with Gasteiger partial charge >= 0.3 is 0 Å². The zero-order chi connectivity index (χ0) is 12.8. The highest BCUT2D eigenvalue weighted by Gasteiger charge is 2.14. The molecule has 0 spiro atoms. The highest BCUT2D eigenvalue weighted by Crippen LogP contribution is 2.16. The molecule has 1 unspecified atom stereocenters. The van der Waals surface area contributed by atoms with Gasteiger partial charge in [0.25, 0.3) is 0 Å². The first-order chi connectivity index (χ1) is 8.06. The normalized spacial score (nSPS) is 12.6. The minimum atomic E-state index is 0.277. The average molecular weight is 258 g/mol. The minimum Gasteiger partial charge on any atom is -0.481 e. The molecule has 1 aromatic heterocycles. The van der Waals surface area contributed by atoms with Crippen LogP contribution in [0.4, 0.5) is 5.95 Å². The summed E-state index contributed by atoms with van der Waals surface area (Å²) in [4.78, 5) is 8.61. The molecule has 0 aliphatic carbocycles. The first kappa shape index (κ1) is 14.0. The lowest BCUT2D eigenvalue weighted by Crippen LogP contribution is -2.27. The number of hydrogen-bond donors (Lipinski definition) is 1. The van der Waals surface area contributed by atoms with Crippen LogP contribution in [-0.4, -0.2) is 29.0 Å². The molecule has 0 aromatic carbocycles. The quantitative estimate of drug-likeness (QED) is 0.796. The van der Waals surface area contributed by atoms with Gasteiger partial charge in [-0.3, -0.25) is 0 Å². The van der Waals surface area contributed by atoms with Crippen LogP contribution in [-0.2, 0) is 0 Å². The van der Waals surface area contributed by atoms with Crippen molar-refractivity contribution in [1.82, 2.24) is 9.97 Å². The van der Waals surface area contributed by atoms with E-state index in [4.69, 9.17) is 16.3 Å². The second kappa shape index (κ2) is 6.64. The lowest BCUT2D eigenvalue weighted by molar-refractivity contribution is 0.396. The van der Waals surface area contributed by atoms with Gasteiger partial charge in [0.15, 0.2) is 0 Å². The Morgan fingerprint density at radius 1 is 1.41 bits per heavy atom. The molecule has 96 valence electrons. The second-order valence-electron chi connectivity index (χ2n) is 4.35. The van der Waals surface area contributed by atoms with Crippen LogP contribution in [0.15, 0.2) is 6.07 Å². The van der Waals surface area contributed by atoms with Gasteiger partial charge in [-0.15, -0.1) is 11.6 Å². The maximum atomic E-state index is 5.79. The van der Waals surface area contributed by atoms with Crippen LogP contribution in [0.2, 0.25) is 0 Å². The topological polar surface area (TPSA) is 47.0 Å². The number of rotatable bonds is 6. The molecule has 0 aliphatic rings. The Morgan fingerprint density at radius 3 is 2.65 bits per heavy atom. The van der Waals surface area contributed by atoms with Crippen molar-refractivity contribution in [3.63, 3.8) is 0 Å². The van der Waals surface area contributed by atoms with E-state index < -0.39 is 0 Å². The number of anilines is 1. The van der Waals surface area contributed by atoms with Gasteiger partial charge < -0.3 is 10.1 Å². The molecule has 0 saturated carbocycles. The Balaban J connectivity index is 2.81. The SMILES string of the molecule is COc1cc(C)nc(NC(CCCl)C(C)C)n1. The first-order valence-electron chi connectivity index (χ1n) is 5.79. The summed E-state index contributed by atoms with van der Waals surface area (Å²) in [5.74, 6) is 2.28. The van der Waals surface area contributed by atoms with E-state index in [1.807, 2.05) is 6.92 Å². The molecule has 1 atom stereocenters. The van der Waals surface area contributed by atoms with Crippen LogP contribution in [0.3, 0.4) is 0 Å². The fourth-order valence-electron chi connectivity index (χ4n) is 1.56. The lowest BCUT2D eigenvalue weighted by atomic mass is 10.0. The summed E-state index contributed by atoms with van der Waals surface area (Å²) >= 11 is 5.79. The average Bonchev–Trinajstić information content (AvgIpc) is 2.27. The largest absolute Gasteiger partial charge is 0.481 e. The fourth-order valence-corrected chi connectivity index (χ4v) is 1.80. The summed E-state index contributed by atoms with van der Waals surface area (Å²) < 4.78 is 5.12. The monoisotopic (exact) mass is 257 g/mol. The Kier molecular flexibility index (Phi) is 5.48. The minimum absolute atomic E-state index is 0.277. The maximum Gasteiger partial charge on any atom is 0.226 e. The van der Waals surface area contributed by atoms with Crippen molar-refractivity contribution in [2.24, 2.45) is 5.92 Å². The number of ether oxygens (including phenoxy) is 1. The number of methoxy groups -OCH3 is 1. The van der Waals surface area contributed by atoms with E-state index >= 15 is 0 Å². The molecule has 1 heterocycles. The third-order valence-corrected chi connectivity index (χ3v) is 2.80. The number of aryl methyl sites for hydroxylation is 1. The van der Waals surface area contributed by atoms with E-state index in [0.29, 0.717) is 23.6 Å². The lowest BCUT2D eigenvalue weighted by Gasteiger charge is -2.21. The molecule has 0 aliphatic heterocycles. The smallest absolute Gasteiger partial charge is 0.226 e. The van der Waals surface area contributed by atoms with E-state index in [1.54, 1.807) is 13.2 Å². The van der Waals surface area contributed by atoms with Crippen LogP contribution in [0.5, 0.6) is 5.88 Å². The van der Waals surface area contributed by atoms with E-state index in [-0.39, 0.29) is 6.04 Å². The molecule has 0 bridgehead atoms. The summed E-state index contributed by atoms with van der Waals surface area (Å²) in [6.45, 7) is 6.22. The summed E-state index contributed by atoms with van der Waals surface area (Å²) in [6, 6.07) is 2.08. The van der Waals surface area contributed by atoms with E-state index in [1.165, 1.54) is 0 Å². The molecule has 0 amide bonds.